The number of carbonyl (C=O) groups is 1. The van der Waals surface area contributed by atoms with Crippen molar-refractivity contribution in [2.24, 2.45) is 0 Å². The number of nitrogens with one attached hydrogen (secondary N) is 1. The fourth-order valence-electron chi connectivity index (χ4n) is 3.84. The van der Waals surface area contributed by atoms with Crippen LogP contribution in [0, 0.1) is 0 Å². The third kappa shape index (κ3) is 5.51. The maximum atomic E-state index is 12.9. The second kappa shape index (κ2) is 10.8. The number of benzene rings is 2. The van der Waals surface area contributed by atoms with Gasteiger partial charge in [-0.05, 0) is 48.2 Å². The number of methoxy groups -OCH3 is 4. The predicted molar refractivity (Wildman–Crippen MR) is 124 cm³/mol. The molecule has 1 heterocycles. The average Bonchev–Trinajstić information content (AvgIpc) is 2.84. The molecule has 0 bridgehead atoms. The minimum absolute atomic E-state index is 0.0643. The quantitative estimate of drug-likeness (QED) is 0.522. The second-order valence-corrected chi connectivity index (χ2v) is 9.61. The van der Waals surface area contributed by atoms with Gasteiger partial charge in [-0.1, -0.05) is 6.07 Å². The van der Waals surface area contributed by atoms with E-state index in [4.69, 9.17) is 18.9 Å². The molecule has 3 rings (SSSR count). The first kappa shape index (κ1) is 24.7. The Labute approximate surface area is 194 Å². The summed E-state index contributed by atoms with van der Waals surface area (Å²) in [7, 11) is 2.60. The normalized spacial score (nSPS) is 13.7. The van der Waals surface area contributed by atoms with Crippen molar-refractivity contribution in [1.82, 2.24) is 9.62 Å². The van der Waals surface area contributed by atoms with Gasteiger partial charge in [0, 0.05) is 19.6 Å². The van der Waals surface area contributed by atoms with Crippen LogP contribution < -0.4 is 24.3 Å². The highest BCUT2D eigenvalue weighted by molar-refractivity contribution is 7.89. The smallest absolute Gasteiger partial charge is 0.255 e. The maximum Gasteiger partial charge on any atom is 0.255 e. The molecule has 1 aliphatic heterocycles. The number of hydrogen-bond donors (Lipinski definition) is 1. The van der Waals surface area contributed by atoms with E-state index in [0.29, 0.717) is 41.5 Å². The van der Waals surface area contributed by atoms with E-state index in [1.807, 2.05) is 12.1 Å². The first-order valence-corrected chi connectivity index (χ1v) is 12.2. The van der Waals surface area contributed by atoms with Crippen molar-refractivity contribution in [3.8, 4) is 23.0 Å². The van der Waals surface area contributed by atoms with E-state index in [2.05, 4.69) is 5.32 Å². The summed E-state index contributed by atoms with van der Waals surface area (Å²) < 4.78 is 48.4. The maximum absolute atomic E-state index is 12.9. The van der Waals surface area contributed by atoms with Crippen molar-refractivity contribution >= 4 is 15.9 Å². The monoisotopic (exact) mass is 478 g/mol. The van der Waals surface area contributed by atoms with E-state index in [-0.39, 0.29) is 31.2 Å². The van der Waals surface area contributed by atoms with E-state index in [0.717, 1.165) is 11.1 Å². The minimum atomic E-state index is -3.48. The summed E-state index contributed by atoms with van der Waals surface area (Å²) in [4.78, 5) is 12.5. The number of sulfonamides is 1. The average molecular weight is 479 g/mol. The zero-order valence-corrected chi connectivity index (χ0v) is 20.2. The molecule has 2 aromatic rings. The molecule has 9 nitrogen and oxygen atoms in total. The first-order valence-electron chi connectivity index (χ1n) is 10.6. The van der Waals surface area contributed by atoms with Gasteiger partial charge in [0.15, 0.2) is 23.0 Å². The largest absolute Gasteiger partial charge is 0.493 e. The van der Waals surface area contributed by atoms with Gasteiger partial charge in [0.25, 0.3) is 5.91 Å². The summed E-state index contributed by atoms with van der Waals surface area (Å²) in [6.45, 7) is 0.900. The highest BCUT2D eigenvalue weighted by atomic mass is 32.2. The van der Waals surface area contributed by atoms with E-state index in [1.165, 1.54) is 18.5 Å². The molecular weight excluding hydrogens is 448 g/mol. The summed E-state index contributed by atoms with van der Waals surface area (Å²) >= 11 is 0. The van der Waals surface area contributed by atoms with Crippen molar-refractivity contribution in [3.63, 3.8) is 0 Å². The fourth-order valence-corrected chi connectivity index (χ4v) is 5.31. The van der Waals surface area contributed by atoms with Gasteiger partial charge < -0.3 is 24.3 Å². The van der Waals surface area contributed by atoms with Crippen LogP contribution in [0.25, 0.3) is 0 Å². The number of amides is 1. The van der Waals surface area contributed by atoms with E-state index in [9.17, 15) is 13.2 Å². The lowest BCUT2D eigenvalue weighted by molar-refractivity contribution is 0.0950. The second-order valence-electron chi connectivity index (χ2n) is 7.53. The van der Waals surface area contributed by atoms with E-state index < -0.39 is 10.0 Å². The summed E-state index contributed by atoms with van der Waals surface area (Å²) in [5, 5.41) is 2.76. The van der Waals surface area contributed by atoms with Crippen molar-refractivity contribution < 1.29 is 32.2 Å². The zero-order valence-electron chi connectivity index (χ0n) is 19.3. The van der Waals surface area contributed by atoms with Crippen LogP contribution in [0.1, 0.15) is 27.9 Å². The number of hydrogen-bond acceptors (Lipinski definition) is 7. The number of nitrogens with zero attached hydrogens (tertiary/aromatic N) is 1. The molecule has 10 heteroatoms. The van der Waals surface area contributed by atoms with Gasteiger partial charge in [0.2, 0.25) is 10.0 Å². The molecule has 0 unspecified atom stereocenters. The Bertz CT molecular complexity index is 1100. The Morgan fingerprint density at radius 1 is 0.970 bits per heavy atom. The molecule has 0 saturated heterocycles. The fraction of sp³-hybridized carbons (Fsp3) is 0.435. The molecule has 0 spiro atoms. The lowest BCUT2D eigenvalue weighted by Gasteiger charge is -2.29. The van der Waals surface area contributed by atoms with Crippen molar-refractivity contribution in [1.29, 1.82) is 0 Å². The molecule has 0 fully saturated rings. The molecule has 0 radical (unpaired) electrons. The SMILES string of the molecule is COc1cc2c(cc1OC)CN(S(=O)(=O)CCCNC(=O)c1cccc(OC)c1OC)CC2. The van der Waals surface area contributed by atoms with Crippen molar-refractivity contribution in [2.75, 3.05) is 47.3 Å². The number of fused-ring (bicyclic) bond motifs is 1. The topological polar surface area (TPSA) is 103 Å². The van der Waals surface area contributed by atoms with E-state index in [1.54, 1.807) is 32.4 Å². The Morgan fingerprint density at radius 3 is 2.27 bits per heavy atom. The molecule has 0 atom stereocenters. The molecule has 180 valence electrons. The number of rotatable bonds is 10. The predicted octanol–water partition coefficient (Wildman–Crippen LogP) is 2.23. The summed E-state index contributed by atoms with van der Waals surface area (Å²) in [5.74, 6) is 1.58. The van der Waals surface area contributed by atoms with Gasteiger partial charge in [-0.25, -0.2) is 8.42 Å². The minimum Gasteiger partial charge on any atom is -0.493 e. The van der Waals surface area contributed by atoms with Gasteiger partial charge in [-0.3, -0.25) is 4.79 Å². The molecule has 0 saturated carbocycles. The Morgan fingerprint density at radius 2 is 1.64 bits per heavy atom. The van der Waals surface area contributed by atoms with Gasteiger partial charge in [0.1, 0.15) is 0 Å². The number of carbonyl (C=O) groups excluding carboxylic acids is 1. The highest BCUT2D eigenvalue weighted by Gasteiger charge is 2.27. The zero-order chi connectivity index (χ0) is 24.0. The molecule has 2 aromatic carbocycles. The van der Waals surface area contributed by atoms with Gasteiger partial charge in [-0.2, -0.15) is 4.31 Å². The standard InChI is InChI=1S/C23H30N2O7S/c1-29-19-8-5-7-18(22(19)32-4)23(26)24-10-6-12-33(27,28)25-11-9-16-13-20(30-2)21(31-3)14-17(16)15-25/h5,7-8,13-14H,6,9-12,15H2,1-4H3,(H,24,26). The van der Waals surface area contributed by atoms with Gasteiger partial charge in [-0.15, -0.1) is 0 Å². The van der Waals surface area contributed by atoms with Crippen molar-refractivity contribution in [2.45, 2.75) is 19.4 Å². The Hall–Kier alpha value is -2.98. The summed E-state index contributed by atoms with van der Waals surface area (Å²) in [6, 6.07) is 8.75. The van der Waals surface area contributed by atoms with Crippen LogP contribution in [0.4, 0.5) is 0 Å². The molecular formula is C23H30N2O7S. The van der Waals surface area contributed by atoms with Crippen LogP contribution in [0.3, 0.4) is 0 Å². The molecule has 0 aliphatic carbocycles. The van der Waals surface area contributed by atoms with Gasteiger partial charge in [0.05, 0.1) is 39.8 Å². The molecule has 33 heavy (non-hydrogen) atoms. The molecule has 0 aromatic heterocycles. The molecule has 1 amide bonds. The summed E-state index contributed by atoms with van der Waals surface area (Å²) in [5.41, 5.74) is 2.29. The van der Waals surface area contributed by atoms with Crippen LogP contribution in [0.15, 0.2) is 30.3 Å². The third-order valence-corrected chi connectivity index (χ3v) is 7.49. The van der Waals surface area contributed by atoms with Crippen LogP contribution in [0.2, 0.25) is 0 Å². The lowest BCUT2D eigenvalue weighted by Crippen LogP contribution is -2.38. The number of ether oxygens (including phenoxy) is 4. The van der Waals surface area contributed by atoms with Crippen LogP contribution >= 0.6 is 0 Å². The van der Waals surface area contributed by atoms with Crippen molar-refractivity contribution in [3.05, 3.63) is 47.0 Å². The van der Waals surface area contributed by atoms with Gasteiger partial charge >= 0.3 is 0 Å². The highest BCUT2D eigenvalue weighted by Crippen LogP contribution is 2.34. The first-order chi connectivity index (χ1) is 15.8. The number of para-hydroxylation sites is 1. The molecule has 1 aliphatic rings. The van der Waals surface area contributed by atoms with Crippen LogP contribution in [-0.2, 0) is 23.0 Å². The third-order valence-electron chi connectivity index (χ3n) is 5.59. The Balaban J connectivity index is 1.58. The van der Waals surface area contributed by atoms with Crippen LogP contribution in [0.5, 0.6) is 23.0 Å². The lowest BCUT2D eigenvalue weighted by atomic mass is 10.0. The van der Waals surface area contributed by atoms with E-state index >= 15 is 0 Å². The molecule has 1 N–H and O–H groups in total. The Kier molecular flexibility index (Phi) is 8.04. The summed E-state index contributed by atoms with van der Waals surface area (Å²) in [6.07, 6.45) is 0.886. The van der Waals surface area contributed by atoms with Crippen LogP contribution in [-0.4, -0.2) is 65.9 Å².